The predicted molar refractivity (Wildman–Crippen MR) is 84.7 cm³/mol. The molecule has 3 nitrogen and oxygen atoms in total. The van der Waals surface area contributed by atoms with Crippen molar-refractivity contribution in [3.05, 3.63) is 57.8 Å². The molecule has 0 heterocycles. The number of rotatable bonds is 4. The first-order chi connectivity index (χ1) is 9.97. The Morgan fingerprint density at radius 1 is 1.19 bits per heavy atom. The molecule has 0 spiro atoms. The molecule has 0 aliphatic carbocycles. The zero-order valence-electron chi connectivity index (χ0n) is 11.2. The first-order valence-electron chi connectivity index (χ1n) is 6.21. The number of hydrogen-bond acceptors (Lipinski definition) is 2. The zero-order valence-corrected chi connectivity index (χ0v) is 12.7. The van der Waals surface area contributed by atoms with Gasteiger partial charge in [0.05, 0.1) is 11.6 Å². The van der Waals surface area contributed by atoms with E-state index in [1.54, 1.807) is 12.1 Å². The second kappa shape index (κ2) is 6.78. The molecule has 6 heteroatoms. The van der Waals surface area contributed by atoms with Crippen molar-refractivity contribution in [1.29, 1.82) is 0 Å². The number of carbonyl (C=O) groups is 1. The summed E-state index contributed by atoms with van der Waals surface area (Å²) in [6, 6.07) is 9.43. The van der Waals surface area contributed by atoms with Gasteiger partial charge in [0.1, 0.15) is 5.82 Å². The van der Waals surface area contributed by atoms with Crippen molar-refractivity contribution in [1.82, 2.24) is 0 Å². The largest absolute Gasteiger partial charge is 0.376 e. The fraction of sp³-hybridized carbons (Fsp3) is 0.133. The Morgan fingerprint density at radius 2 is 1.95 bits per heavy atom. The maximum absolute atomic E-state index is 13.0. The van der Waals surface area contributed by atoms with Crippen molar-refractivity contribution in [2.24, 2.45) is 0 Å². The van der Waals surface area contributed by atoms with Gasteiger partial charge in [-0.25, -0.2) is 4.39 Å². The van der Waals surface area contributed by atoms with Gasteiger partial charge >= 0.3 is 0 Å². The Hall–Kier alpha value is -1.78. The maximum Gasteiger partial charge on any atom is 0.243 e. The summed E-state index contributed by atoms with van der Waals surface area (Å²) in [7, 11) is 0. The van der Waals surface area contributed by atoms with Gasteiger partial charge in [0, 0.05) is 16.4 Å². The SMILES string of the molecule is Cc1c(Cl)cccc1NCC(=O)Nc1ccc(F)c(Cl)c1. The Morgan fingerprint density at radius 3 is 2.67 bits per heavy atom. The van der Waals surface area contributed by atoms with E-state index in [0.29, 0.717) is 10.7 Å². The molecule has 0 bridgehead atoms. The van der Waals surface area contributed by atoms with Crippen LogP contribution in [0.2, 0.25) is 10.0 Å². The first kappa shape index (κ1) is 15.6. The van der Waals surface area contributed by atoms with E-state index in [1.165, 1.54) is 18.2 Å². The number of anilines is 2. The normalized spacial score (nSPS) is 10.3. The highest BCUT2D eigenvalue weighted by Gasteiger charge is 2.07. The van der Waals surface area contributed by atoms with Crippen LogP contribution in [-0.2, 0) is 4.79 Å². The molecule has 2 aromatic carbocycles. The summed E-state index contributed by atoms with van der Waals surface area (Å²) < 4.78 is 13.0. The van der Waals surface area contributed by atoms with Crippen LogP contribution in [0.1, 0.15) is 5.56 Å². The third kappa shape index (κ3) is 4.09. The number of carbonyl (C=O) groups excluding carboxylic acids is 1. The minimum absolute atomic E-state index is 0.0357. The standard InChI is InChI=1S/C15H13Cl2FN2O/c1-9-11(16)3-2-4-14(9)19-8-15(21)20-10-5-6-13(18)12(17)7-10/h2-7,19H,8H2,1H3,(H,20,21). The minimum Gasteiger partial charge on any atom is -0.376 e. The van der Waals surface area contributed by atoms with Gasteiger partial charge < -0.3 is 10.6 Å². The van der Waals surface area contributed by atoms with Crippen LogP contribution in [-0.4, -0.2) is 12.5 Å². The fourth-order valence-corrected chi connectivity index (χ4v) is 2.11. The molecule has 0 atom stereocenters. The molecule has 2 aromatic rings. The Labute approximate surface area is 132 Å². The lowest BCUT2D eigenvalue weighted by molar-refractivity contribution is -0.114. The van der Waals surface area contributed by atoms with Crippen LogP contribution >= 0.6 is 23.2 Å². The van der Waals surface area contributed by atoms with Gasteiger partial charge in [0.25, 0.3) is 0 Å². The lowest BCUT2D eigenvalue weighted by atomic mass is 10.2. The lowest BCUT2D eigenvalue weighted by Crippen LogP contribution is -2.22. The molecular formula is C15H13Cl2FN2O. The van der Waals surface area contributed by atoms with E-state index in [0.717, 1.165) is 11.3 Å². The molecular weight excluding hydrogens is 314 g/mol. The van der Waals surface area contributed by atoms with Gasteiger partial charge in [-0.05, 0) is 42.8 Å². The molecule has 2 rings (SSSR count). The lowest BCUT2D eigenvalue weighted by Gasteiger charge is -2.11. The molecule has 0 aromatic heterocycles. The molecule has 0 saturated carbocycles. The van der Waals surface area contributed by atoms with Crippen LogP contribution in [0.25, 0.3) is 0 Å². The molecule has 0 radical (unpaired) electrons. The fourth-order valence-electron chi connectivity index (χ4n) is 1.75. The highest BCUT2D eigenvalue weighted by molar-refractivity contribution is 6.31. The Bertz CT molecular complexity index is 677. The Balaban J connectivity index is 1.96. The molecule has 21 heavy (non-hydrogen) atoms. The highest BCUT2D eigenvalue weighted by Crippen LogP contribution is 2.23. The van der Waals surface area contributed by atoms with Crippen LogP contribution in [0, 0.1) is 12.7 Å². The number of benzene rings is 2. The van der Waals surface area contributed by atoms with Gasteiger partial charge in [-0.1, -0.05) is 29.3 Å². The van der Waals surface area contributed by atoms with Crippen LogP contribution in [0.4, 0.5) is 15.8 Å². The smallest absolute Gasteiger partial charge is 0.243 e. The number of nitrogens with one attached hydrogen (secondary N) is 2. The first-order valence-corrected chi connectivity index (χ1v) is 6.97. The van der Waals surface area contributed by atoms with Crippen molar-refractivity contribution in [2.75, 3.05) is 17.2 Å². The van der Waals surface area contributed by atoms with E-state index in [-0.39, 0.29) is 17.5 Å². The van der Waals surface area contributed by atoms with E-state index < -0.39 is 5.82 Å². The number of halogens is 3. The number of amides is 1. The van der Waals surface area contributed by atoms with Crippen molar-refractivity contribution >= 4 is 40.5 Å². The molecule has 110 valence electrons. The van der Waals surface area contributed by atoms with Gasteiger partial charge in [-0.3, -0.25) is 4.79 Å². The third-order valence-corrected chi connectivity index (χ3v) is 3.61. The monoisotopic (exact) mass is 326 g/mol. The van der Waals surface area contributed by atoms with E-state index in [9.17, 15) is 9.18 Å². The van der Waals surface area contributed by atoms with Crippen molar-refractivity contribution in [3.63, 3.8) is 0 Å². The second-order valence-electron chi connectivity index (χ2n) is 4.44. The highest BCUT2D eigenvalue weighted by atomic mass is 35.5. The molecule has 0 aliphatic rings. The Kier molecular flexibility index (Phi) is 5.04. The second-order valence-corrected chi connectivity index (χ2v) is 5.26. The van der Waals surface area contributed by atoms with Gasteiger partial charge in [-0.2, -0.15) is 0 Å². The average molecular weight is 327 g/mol. The van der Waals surface area contributed by atoms with Crippen molar-refractivity contribution in [2.45, 2.75) is 6.92 Å². The van der Waals surface area contributed by atoms with Crippen LogP contribution in [0.5, 0.6) is 0 Å². The van der Waals surface area contributed by atoms with E-state index >= 15 is 0 Å². The number of hydrogen-bond donors (Lipinski definition) is 2. The quantitative estimate of drug-likeness (QED) is 0.869. The summed E-state index contributed by atoms with van der Waals surface area (Å²) in [4.78, 5) is 11.8. The summed E-state index contributed by atoms with van der Waals surface area (Å²) in [5.74, 6) is -0.792. The average Bonchev–Trinajstić information content (AvgIpc) is 2.44. The minimum atomic E-state index is -0.526. The zero-order chi connectivity index (χ0) is 15.4. The molecule has 1 amide bonds. The summed E-state index contributed by atoms with van der Waals surface area (Å²) in [5.41, 5.74) is 2.10. The molecule has 0 aliphatic heterocycles. The van der Waals surface area contributed by atoms with Crippen LogP contribution < -0.4 is 10.6 Å². The molecule has 0 saturated heterocycles. The van der Waals surface area contributed by atoms with Crippen LogP contribution in [0.15, 0.2) is 36.4 Å². The van der Waals surface area contributed by atoms with E-state index in [1.807, 2.05) is 13.0 Å². The topological polar surface area (TPSA) is 41.1 Å². The van der Waals surface area contributed by atoms with Crippen molar-refractivity contribution < 1.29 is 9.18 Å². The summed E-state index contributed by atoms with van der Waals surface area (Å²) in [6.45, 7) is 1.93. The molecule has 0 fully saturated rings. The maximum atomic E-state index is 13.0. The summed E-state index contributed by atoms with van der Waals surface area (Å²) >= 11 is 11.7. The van der Waals surface area contributed by atoms with Gasteiger partial charge in [-0.15, -0.1) is 0 Å². The predicted octanol–water partition coefficient (Wildman–Crippen LogP) is 4.49. The summed E-state index contributed by atoms with van der Waals surface area (Å²) in [5, 5.41) is 6.22. The van der Waals surface area contributed by atoms with Gasteiger partial charge in [0.2, 0.25) is 5.91 Å². The van der Waals surface area contributed by atoms with Crippen molar-refractivity contribution in [3.8, 4) is 0 Å². The summed E-state index contributed by atoms with van der Waals surface area (Å²) in [6.07, 6.45) is 0. The van der Waals surface area contributed by atoms with E-state index in [4.69, 9.17) is 23.2 Å². The molecule has 0 unspecified atom stereocenters. The van der Waals surface area contributed by atoms with Crippen LogP contribution in [0.3, 0.4) is 0 Å². The van der Waals surface area contributed by atoms with Gasteiger partial charge in [0.15, 0.2) is 0 Å². The molecule has 2 N–H and O–H groups in total. The van der Waals surface area contributed by atoms with E-state index in [2.05, 4.69) is 10.6 Å². The third-order valence-electron chi connectivity index (χ3n) is 2.91.